The average molecular weight is 410 g/mol. The van der Waals surface area contributed by atoms with Crippen molar-refractivity contribution in [3.05, 3.63) is 20.8 Å². The molecule has 9 nitrogen and oxygen atoms in total. The number of H-pyrrole nitrogens is 1. The molecule has 1 aliphatic rings. The van der Waals surface area contributed by atoms with E-state index in [2.05, 4.69) is 23.7 Å². The van der Waals surface area contributed by atoms with Gasteiger partial charge in [0.1, 0.15) is 5.82 Å². The summed E-state index contributed by atoms with van der Waals surface area (Å²) in [7, 11) is 1.53. The van der Waals surface area contributed by atoms with E-state index in [1.165, 1.54) is 16.6 Å². The van der Waals surface area contributed by atoms with E-state index < -0.39 is 11.2 Å². The summed E-state index contributed by atoms with van der Waals surface area (Å²) >= 11 is 0. The van der Waals surface area contributed by atoms with Crippen molar-refractivity contribution in [3.63, 3.8) is 0 Å². The van der Waals surface area contributed by atoms with Crippen LogP contribution in [0, 0.1) is 11.8 Å². The third-order valence-electron chi connectivity index (χ3n) is 5.34. The van der Waals surface area contributed by atoms with Gasteiger partial charge in [-0.2, -0.15) is 0 Å². The number of methoxy groups -OCH3 is 1. The Morgan fingerprint density at radius 2 is 1.93 bits per heavy atom. The maximum Gasteiger partial charge on any atom is 0.330 e. The number of amides is 1. The predicted octanol–water partition coefficient (Wildman–Crippen LogP) is 0.876. The van der Waals surface area contributed by atoms with E-state index >= 15 is 0 Å². The summed E-state index contributed by atoms with van der Waals surface area (Å²) in [6.45, 7) is 9.09. The molecule has 164 valence electrons. The normalized spacial score (nSPS) is 20.0. The predicted molar refractivity (Wildman–Crippen MR) is 114 cm³/mol. The number of hydrogen-bond acceptors (Lipinski definition) is 6. The number of anilines is 2. The summed E-state index contributed by atoms with van der Waals surface area (Å²) in [4.78, 5) is 43.8. The highest BCUT2D eigenvalue weighted by Crippen LogP contribution is 2.22. The van der Waals surface area contributed by atoms with Crippen molar-refractivity contribution in [2.24, 2.45) is 11.8 Å². The number of carbonyl (C=O) groups excluding carboxylic acids is 1. The fourth-order valence-electron chi connectivity index (χ4n) is 4.12. The summed E-state index contributed by atoms with van der Waals surface area (Å²) in [6.07, 6.45) is 2.76. The molecule has 1 fully saturated rings. The van der Waals surface area contributed by atoms with Gasteiger partial charge in [-0.3, -0.25) is 24.0 Å². The number of nitrogens with zero attached hydrogens (tertiary/aromatic N) is 3. The SMILES string of the molecule is CCCCn1c(N)c(N(CCOC)C(=O)CN2C[C@H](C)C[C@@H](C)C2)c(=O)[nH]c1=O. The Morgan fingerprint density at radius 1 is 1.28 bits per heavy atom. The highest BCUT2D eigenvalue weighted by atomic mass is 16.5. The zero-order chi connectivity index (χ0) is 21.6. The summed E-state index contributed by atoms with van der Waals surface area (Å²) < 4.78 is 6.47. The minimum absolute atomic E-state index is 0.0250. The van der Waals surface area contributed by atoms with Crippen LogP contribution in [0.3, 0.4) is 0 Å². The number of carbonyl (C=O) groups is 1. The molecule has 2 atom stereocenters. The molecule has 1 aromatic heterocycles. The first kappa shape index (κ1) is 23.2. The average Bonchev–Trinajstić information content (AvgIpc) is 2.63. The lowest BCUT2D eigenvalue weighted by molar-refractivity contribution is -0.120. The number of nitrogens with one attached hydrogen (secondary N) is 1. The van der Waals surface area contributed by atoms with Gasteiger partial charge in [-0.05, 0) is 24.7 Å². The fourth-order valence-corrected chi connectivity index (χ4v) is 4.12. The van der Waals surface area contributed by atoms with E-state index in [4.69, 9.17) is 10.5 Å². The first-order valence-electron chi connectivity index (χ1n) is 10.4. The lowest BCUT2D eigenvalue weighted by atomic mass is 9.92. The molecule has 0 unspecified atom stereocenters. The van der Waals surface area contributed by atoms with Gasteiger partial charge in [0.2, 0.25) is 5.91 Å². The molecule has 2 rings (SSSR count). The Bertz CT molecular complexity index is 793. The van der Waals surface area contributed by atoms with Crippen molar-refractivity contribution in [1.82, 2.24) is 14.5 Å². The van der Waals surface area contributed by atoms with E-state index in [-0.39, 0.29) is 37.1 Å². The first-order valence-corrected chi connectivity index (χ1v) is 10.4. The molecular weight excluding hydrogens is 374 g/mol. The number of aromatic nitrogens is 2. The lowest BCUT2D eigenvalue weighted by Gasteiger charge is -2.35. The molecular formula is C20H35N5O4. The summed E-state index contributed by atoms with van der Waals surface area (Å²) in [5.41, 5.74) is 5.04. The molecule has 1 aromatic rings. The van der Waals surface area contributed by atoms with Gasteiger partial charge in [-0.1, -0.05) is 27.2 Å². The topological polar surface area (TPSA) is 114 Å². The Kier molecular flexibility index (Phi) is 8.45. The van der Waals surface area contributed by atoms with Gasteiger partial charge in [0.05, 0.1) is 13.2 Å². The Labute approximate surface area is 171 Å². The van der Waals surface area contributed by atoms with Crippen LogP contribution < -0.4 is 21.9 Å². The van der Waals surface area contributed by atoms with Crippen LogP contribution in [-0.4, -0.2) is 60.3 Å². The summed E-state index contributed by atoms with van der Waals surface area (Å²) in [5, 5.41) is 0. The number of unbranched alkanes of at least 4 members (excludes halogenated alkanes) is 1. The first-order chi connectivity index (χ1) is 13.8. The Hall–Kier alpha value is -2.13. The van der Waals surface area contributed by atoms with Gasteiger partial charge in [0, 0.05) is 33.3 Å². The number of nitrogens with two attached hydrogens (primary N) is 1. The number of hydrogen-bond donors (Lipinski definition) is 2. The van der Waals surface area contributed by atoms with Gasteiger partial charge < -0.3 is 15.4 Å². The van der Waals surface area contributed by atoms with E-state index in [0.29, 0.717) is 18.4 Å². The Balaban J connectivity index is 2.35. The third-order valence-corrected chi connectivity index (χ3v) is 5.34. The highest BCUT2D eigenvalue weighted by Gasteiger charge is 2.28. The molecule has 1 amide bonds. The van der Waals surface area contributed by atoms with Crippen LogP contribution in [0.4, 0.5) is 11.5 Å². The number of nitrogen functional groups attached to an aromatic ring is 1. The maximum atomic E-state index is 13.2. The second kappa shape index (κ2) is 10.6. The van der Waals surface area contributed by atoms with Gasteiger partial charge in [-0.25, -0.2) is 4.79 Å². The van der Waals surface area contributed by atoms with Gasteiger partial charge >= 0.3 is 5.69 Å². The number of aromatic amines is 1. The number of piperidine rings is 1. The van der Waals surface area contributed by atoms with Crippen molar-refractivity contribution in [2.45, 2.75) is 46.6 Å². The highest BCUT2D eigenvalue weighted by molar-refractivity contribution is 5.96. The van der Waals surface area contributed by atoms with Crippen LogP contribution in [0.2, 0.25) is 0 Å². The minimum Gasteiger partial charge on any atom is -0.383 e. The van der Waals surface area contributed by atoms with Crippen LogP contribution in [0.1, 0.15) is 40.0 Å². The van der Waals surface area contributed by atoms with E-state index in [1.54, 1.807) is 0 Å². The molecule has 0 aromatic carbocycles. The second-order valence-corrected chi connectivity index (χ2v) is 8.18. The Morgan fingerprint density at radius 3 is 2.52 bits per heavy atom. The molecule has 0 bridgehead atoms. The maximum absolute atomic E-state index is 13.2. The molecule has 1 aliphatic heterocycles. The summed E-state index contributed by atoms with van der Waals surface area (Å²) in [5.74, 6) is 0.838. The van der Waals surface area contributed by atoms with Crippen molar-refractivity contribution in [1.29, 1.82) is 0 Å². The van der Waals surface area contributed by atoms with Crippen molar-refractivity contribution >= 4 is 17.4 Å². The quantitative estimate of drug-likeness (QED) is 0.626. The van der Waals surface area contributed by atoms with Crippen LogP contribution >= 0.6 is 0 Å². The van der Waals surface area contributed by atoms with Crippen LogP contribution in [0.5, 0.6) is 0 Å². The molecule has 9 heteroatoms. The van der Waals surface area contributed by atoms with Crippen LogP contribution in [0.15, 0.2) is 9.59 Å². The zero-order valence-electron chi connectivity index (χ0n) is 18.1. The molecule has 3 N–H and O–H groups in total. The molecule has 0 saturated carbocycles. The van der Waals surface area contributed by atoms with Crippen molar-refractivity contribution in [3.8, 4) is 0 Å². The zero-order valence-corrected chi connectivity index (χ0v) is 18.1. The summed E-state index contributed by atoms with van der Waals surface area (Å²) in [6, 6.07) is 0. The lowest BCUT2D eigenvalue weighted by Crippen LogP contribution is -2.49. The smallest absolute Gasteiger partial charge is 0.330 e. The standard InChI is InChI=1S/C20H35N5O4/c1-5-6-7-25-18(21)17(19(27)22-20(25)28)24(8-9-29-4)16(26)13-23-11-14(2)10-15(3)12-23/h14-15H,5-13,21H2,1-4H3,(H,22,27,28)/t14-,15-/m1/s1. The molecule has 0 spiro atoms. The molecule has 0 aliphatic carbocycles. The van der Waals surface area contributed by atoms with E-state index in [1.807, 2.05) is 6.92 Å². The molecule has 2 heterocycles. The fraction of sp³-hybridized carbons (Fsp3) is 0.750. The monoisotopic (exact) mass is 409 g/mol. The number of likely N-dealkylation sites (tertiary alicyclic amines) is 1. The minimum atomic E-state index is -0.648. The van der Waals surface area contributed by atoms with Crippen molar-refractivity contribution in [2.75, 3.05) is 50.5 Å². The van der Waals surface area contributed by atoms with E-state index in [0.717, 1.165) is 32.4 Å². The second-order valence-electron chi connectivity index (χ2n) is 8.18. The molecule has 29 heavy (non-hydrogen) atoms. The largest absolute Gasteiger partial charge is 0.383 e. The van der Waals surface area contributed by atoms with Crippen LogP contribution in [-0.2, 0) is 16.1 Å². The van der Waals surface area contributed by atoms with Crippen molar-refractivity contribution < 1.29 is 9.53 Å². The van der Waals surface area contributed by atoms with E-state index in [9.17, 15) is 14.4 Å². The van der Waals surface area contributed by atoms with Gasteiger partial charge in [-0.15, -0.1) is 0 Å². The van der Waals surface area contributed by atoms with Crippen LogP contribution in [0.25, 0.3) is 0 Å². The number of rotatable bonds is 9. The molecule has 0 radical (unpaired) electrons. The van der Waals surface area contributed by atoms with Gasteiger partial charge in [0.25, 0.3) is 5.56 Å². The number of ether oxygens (including phenoxy) is 1. The third kappa shape index (κ3) is 5.93. The molecule has 1 saturated heterocycles. The van der Waals surface area contributed by atoms with Gasteiger partial charge in [0.15, 0.2) is 5.69 Å².